The summed E-state index contributed by atoms with van der Waals surface area (Å²) < 4.78 is 27.1. The van der Waals surface area contributed by atoms with Crippen LogP contribution in [0.2, 0.25) is 0 Å². The Hall–Kier alpha value is -1.44. The lowest BCUT2D eigenvalue weighted by Crippen LogP contribution is -2.44. The molecule has 0 aromatic heterocycles. The molecule has 3 rings (SSSR count). The molecule has 0 unspecified atom stereocenters. The van der Waals surface area contributed by atoms with Crippen LogP contribution in [0, 0.1) is 11.3 Å². The van der Waals surface area contributed by atoms with Gasteiger partial charge in [-0.3, -0.25) is 9.69 Å². The van der Waals surface area contributed by atoms with Gasteiger partial charge >= 0.3 is 0 Å². The van der Waals surface area contributed by atoms with Crippen LogP contribution in [0.1, 0.15) is 31.7 Å². The molecule has 2 aliphatic rings. The number of nitrogens with zero attached hydrogens (tertiary/aromatic N) is 1. The second-order valence-corrected chi connectivity index (χ2v) is 9.53. The summed E-state index contributed by atoms with van der Waals surface area (Å²) in [5.74, 6) is 0.358. The maximum Gasteiger partial charge on any atom is 0.227 e. The van der Waals surface area contributed by atoms with Crippen LogP contribution in [0.4, 0.5) is 0 Å². The predicted molar refractivity (Wildman–Crippen MR) is 102 cm³/mol. The molecule has 3 atom stereocenters. The fraction of sp³-hybridized carbons (Fsp3) is 0.632. The maximum absolute atomic E-state index is 12.7. The summed E-state index contributed by atoms with van der Waals surface area (Å²) in [7, 11) is -1.59. The van der Waals surface area contributed by atoms with Crippen molar-refractivity contribution >= 4 is 15.9 Å². The van der Waals surface area contributed by atoms with Gasteiger partial charge in [-0.25, -0.2) is 13.1 Å². The molecule has 1 aromatic carbocycles. The first-order valence-electron chi connectivity index (χ1n) is 9.37. The molecule has 0 bridgehead atoms. The van der Waals surface area contributed by atoms with E-state index in [1.54, 1.807) is 7.05 Å². The van der Waals surface area contributed by atoms with Crippen molar-refractivity contribution in [2.24, 2.45) is 11.3 Å². The third kappa shape index (κ3) is 3.94. The first kappa shape index (κ1) is 19.3. The van der Waals surface area contributed by atoms with Crippen LogP contribution in [0.25, 0.3) is 0 Å². The SMILES string of the molecule is CCCS(=O)(=O)N[C@H]1C[C@H]2CN(Cc3ccccc3)C[C@@]2(C(=O)NC)C1. The van der Waals surface area contributed by atoms with E-state index >= 15 is 0 Å². The second-order valence-electron chi connectivity index (χ2n) is 7.66. The Morgan fingerprint density at radius 3 is 2.69 bits per heavy atom. The van der Waals surface area contributed by atoms with Crippen molar-refractivity contribution in [3.05, 3.63) is 35.9 Å². The predicted octanol–water partition coefficient (Wildman–Crippen LogP) is 1.34. The van der Waals surface area contributed by atoms with E-state index in [0.29, 0.717) is 19.4 Å². The maximum atomic E-state index is 12.7. The Balaban J connectivity index is 1.72. The van der Waals surface area contributed by atoms with Gasteiger partial charge < -0.3 is 5.32 Å². The smallest absolute Gasteiger partial charge is 0.227 e. The third-order valence-corrected chi connectivity index (χ3v) is 7.33. The van der Waals surface area contributed by atoms with Crippen molar-refractivity contribution in [3.63, 3.8) is 0 Å². The largest absolute Gasteiger partial charge is 0.359 e. The van der Waals surface area contributed by atoms with Crippen LogP contribution < -0.4 is 10.0 Å². The van der Waals surface area contributed by atoms with Crippen LogP contribution >= 0.6 is 0 Å². The summed E-state index contributed by atoms with van der Waals surface area (Å²) in [6.45, 7) is 4.19. The Morgan fingerprint density at radius 1 is 1.31 bits per heavy atom. The number of hydrogen-bond donors (Lipinski definition) is 2. The van der Waals surface area contributed by atoms with Crippen molar-refractivity contribution in [2.45, 2.75) is 38.8 Å². The molecule has 6 nitrogen and oxygen atoms in total. The van der Waals surface area contributed by atoms with E-state index in [2.05, 4.69) is 27.1 Å². The van der Waals surface area contributed by atoms with Gasteiger partial charge in [0.15, 0.2) is 0 Å². The number of benzene rings is 1. The van der Waals surface area contributed by atoms with Crippen LogP contribution in [0.15, 0.2) is 30.3 Å². The van der Waals surface area contributed by atoms with Gasteiger partial charge in [-0.05, 0) is 30.7 Å². The quantitative estimate of drug-likeness (QED) is 0.749. The normalized spacial score (nSPS) is 28.8. The molecule has 0 radical (unpaired) electrons. The number of sulfonamides is 1. The number of carbonyl (C=O) groups excluding carboxylic acids is 1. The molecule has 2 N–H and O–H groups in total. The minimum Gasteiger partial charge on any atom is -0.359 e. The summed E-state index contributed by atoms with van der Waals surface area (Å²) >= 11 is 0. The molecule has 1 aliphatic carbocycles. The van der Waals surface area contributed by atoms with Gasteiger partial charge in [0, 0.05) is 32.7 Å². The van der Waals surface area contributed by atoms with Crippen molar-refractivity contribution in [2.75, 3.05) is 25.9 Å². The molecular weight excluding hydrogens is 350 g/mol. The zero-order valence-corrected chi connectivity index (χ0v) is 16.4. The lowest BCUT2D eigenvalue weighted by atomic mass is 9.80. The van der Waals surface area contributed by atoms with E-state index in [1.165, 1.54) is 5.56 Å². The highest BCUT2D eigenvalue weighted by molar-refractivity contribution is 7.89. The summed E-state index contributed by atoms with van der Waals surface area (Å²) in [5, 5.41) is 2.82. The summed E-state index contributed by atoms with van der Waals surface area (Å²) in [5.41, 5.74) is 0.739. The van der Waals surface area contributed by atoms with Gasteiger partial charge in [-0.2, -0.15) is 0 Å². The van der Waals surface area contributed by atoms with E-state index in [-0.39, 0.29) is 23.6 Å². The van der Waals surface area contributed by atoms with E-state index in [9.17, 15) is 13.2 Å². The van der Waals surface area contributed by atoms with Crippen molar-refractivity contribution in [1.82, 2.24) is 14.9 Å². The number of amides is 1. The van der Waals surface area contributed by atoms with Gasteiger partial charge in [0.2, 0.25) is 15.9 Å². The number of hydrogen-bond acceptors (Lipinski definition) is 4. The van der Waals surface area contributed by atoms with Crippen LogP contribution in [0.5, 0.6) is 0 Å². The summed E-state index contributed by atoms with van der Waals surface area (Å²) in [4.78, 5) is 15.1. The minimum atomic E-state index is -3.26. The fourth-order valence-electron chi connectivity index (χ4n) is 4.71. The minimum absolute atomic E-state index is 0.0373. The number of rotatable bonds is 7. The zero-order valence-electron chi connectivity index (χ0n) is 15.6. The molecule has 1 heterocycles. The number of likely N-dealkylation sites (tertiary alicyclic amines) is 1. The molecule has 26 heavy (non-hydrogen) atoms. The monoisotopic (exact) mass is 379 g/mol. The van der Waals surface area contributed by atoms with Crippen molar-refractivity contribution in [3.8, 4) is 0 Å². The van der Waals surface area contributed by atoms with Gasteiger partial charge in [0.1, 0.15) is 0 Å². The lowest BCUT2D eigenvalue weighted by molar-refractivity contribution is -0.131. The number of nitrogens with one attached hydrogen (secondary N) is 2. The highest BCUT2D eigenvalue weighted by atomic mass is 32.2. The van der Waals surface area contributed by atoms with Gasteiger partial charge in [0.25, 0.3) is 0 Å². The van der Waals surface area contributed by atoms with Crippen molar-refractivity contribution < 1.29 is 13.2 Å². The highest BCUT2D eigenvalue weighted by Crippen LogP contribution is 2.49. The van der Waals surface area contributed by atoms with E-state index in [4.69, 9.17) is 0 Å². The van der Waals surface area contributed by atoms with Crippen LogP contribution in [-0.4, -0.2) is 51.2 Å². The third-order valence-electron chi connectivity index (χ3n) is 5.69. The molecule has 1 aromatic rings. The van der Waals surface area contributed by atoms with Gasteiger partial charge in [0.05, 0.1) is 11.2 Å². The van der Waals surface area contributed by atoms with Gasteiger partial charge in [-0.15, -0.1) is 0 Å². The lowest BCUT2D eigenvalue weighted by Gasteiger charge is -2.27. The zero-order chi connectivity index (χ0) is 18.8. The number of carbonyl (C=O) groups is 1. The summed E-state index contributed by atoms with van der Waals surface area (Å²) in [6.07, 6.45) is 1.89. The molecule has 2 fully saturated rings. The average Bonchev–Trinajstić information content (AvgIpc) is 3.08. The Morgan fingerprint density at radius 2 is 2.04 bits per heavy atom. The average molecular weight is 380 g/mol. The molecule has 0 spiro atoms. The van der Waals surface area contributed by atoms with Gasteiger partial charge in [-0.1, -0.05) is 37.3 Å². The Bertz CT molecular complexity index is 738. The number of fused-ring (bicyclic) bond motifs is 1. The Labute approximate surface area is 156 Å². The standard InChI is InChI=1S/C19H29N3O3S/c1-3-9-26(24,25)21-17-10-16-13-22(12-15-7-5-4-6-8-15)14-19(16,11-17)18(23)20-2/h4-8,16-17,21H,3,9-14H2,1-2H3,(H,20,23)/t16-,17-,19-/m0/s1. The van der Waals surface area contributed by atoms with Crippen molar-refractivity contribution in [1.29, 1.82) is 0 Å². The highest BCUT2D eigenvalue weighted by Gasteiger charge is 2.57. The summed E-state index contributed by atoms with van der Waals surface area (Å²) in [6, 6.07) is 10.1. The fourth-order valence-corrected chi connectivity index (χ4v) is 6.05. The topological polar surface area (TPSA) is 78.5 Å². The van der Waals surface area contributed by atoms with E-state index < -0.39 is 15.4 Å². The second kappa shape index (κ2) is 7.66. The molecule has 1 aliphatic heterocycles. The molecule has 1 amide bonds. The molecule has 7 heteroatoms. The molecule has 144 valence electrons. The molecule has 1 saturated carbocycles. The first-order valence-corrected chi connectivity index (χ1v) is 11.0. The Kier molecular flexibility index (Phi) is 5.69. The first-order chi connectivity index (χ1) is 12.4. The van der Waals surface area contributed by atoms with Crippen LogP contribution in [0.3, 0.4) is 0 Å². The van der Waals surface area contributed by atoms with E-state index in [0.717, 1.165) is 19.5 Å². The molecule has 1 saturated heterocycles. The van der Waals surface area contributed by atoms with E-state index in [1.807, 2.05) is 25.1 Å². The van der Waals surface area contributed by atoms with Crippen LogP contribution in [-0.2, 0) is 21.4 Å². The molecular formula is C19H29N3O3S.